The van der Waals surface area contributed by atoms with Crippen molar-refractivity contribution >= 4 is 11.8 Å². The van der Waals surface area contributed by atoms with E-state index in [1.54, 1.807) is 0 Å². The Bertz CT molecular complexity index is 918. The third-order valence-electron chi connectivity index (χ3n) is 9.24. The summed E-state index contributed by atoms with van der Waals surface area (Å²) in [5, 5.41) is 3.48. The van der Waals surface area contributed by atoms with Gasteiger partial charge < -0.3 is 16.0 Å². The highest BCUT2D eigenvalue weighted by atomic mass is 16.2. The Balaban J connectivity index is 1.24. The molecule has 0 spiro atoms. The number of fused-ring (bicyclic) bond motifs is 1. The van der Waals surface area contributed by atoms with Gasteiger partial charge >= 0.3 is 0 Å². The first kappa shape index (κ1) is 19.8. The van der Waals surface area contributed by atoms with Crippen molar-refractivity contribution in [1.29, 1.82) is 0 Å². The highest BCUT2D eigenvalue weighted by molar-refractivity contribution is 5.84. The van der Waals surface area contributed by atoms with Crippen LogP contribution in [-0.4, -0.2) is 40.9 Å². The van der Waals surface area contributed by atoms with E-state index in [4.69, 9.17) is 5.73 Å². The molecule has 1 saturated heterocycles. The lowest BCUT2D eigenvalue weighted by molar-refractivity contribution is -0.159. The van der Waals surface area contributed by atoms with Crippen LogP contribution in [0.25, 0.3) is 0 Å². The van der Waals surface area contributed by atoms with Crippen LogP contribution in [0.1, 0.15) is 63.9 Å². The van der Waals surface area contributed by atoms with Crippen LogP contribution in [-0.2, 0) is 16.0 Å². The average molecular weight is 422 g/mol. The van der Waals surface area contributed by atoms with Crippen molar-refractivity contribution < 1.29 is 9.59 Å². The zero-order chi connectivity index (χ0) is 21.4. The van der Waals surface area contributed by atoms with E-state index in [-0.39, 0.29) is 28.2 Å². The van der Waals surface area contributed by atoms with Crippen molar-refractivity contribution in [2.45, 2.75) is 82.3 Å². The predicted octanol–water partition coefficient (Wildman–Crippen LogP) is 3.02. The van der Waals surface area contributed by atoms with Gasteiger partial charge in [0.1, 0.15) is 0 Å². The van der Waals surface area contributed by atoms with Gasteiger partial charge in [0.05, 0.1) is 12.5 Å². The van der Waals surface area contributed by atoms with Crippen LogP contribution in [0.2, 0.25) is 0 Å². The molecule has 2 amide bonds. The Morgan fingerprint density at radius 1 is 1.16 bits per heavy atom. The summed E-state index contributed by atoms with van der Waals surface area (Å²) in [5.74, 6) is 1.58. The van der Waals surface area contributed by atoms with Crippen LogP contribution >= 0.6 is 0 Å². The van der Waals surface area contributed by atoms with Crippen molar-refractivity contribution in [3.8, 4) is 0 Å². The van der Waals surface area contributed by atoms with Gasteiger partial charge in [-0.2, -0.15) is 0 Å². The van der Waals surface area contributed by atoms with Gasteiger partial charge in [0.15, 0.2) is 0 Å². The molecule has 6 aliphatic rings. The molecule has 3 N–H and O–H groups in total. The van der Waals surface area contributed by atoms with E-state index in [0.717, 1.165) is 56.6 Å². The van der Waals surface area contributed by atoms with Gasteiger partial charge in [-0.05, 0) is 79.6 Å². The molecule has 6 fully saturated rings. The lowest BCUT2D eigenvalue weighted by Crippen LogP contribution is -2.70. The molecule has 1 aromatic carbocycles. The third kappa shape index (κ3) is 3.23. The molecule has 0 aromatic heterocycles. The van der Waals surface area contributed by atoms with E-state index in [9.17, 15) is 9.59 Å². The van der Waals surface area contributed by atoms with E-state index >= 15 is 0 Å². The van der Waals surface area contributed by atoms with Gasteiger partial charge in [0.25, 0.3) is 0 Å². The Hall–Kier alpha value is -1.88. The summed E-state index contributed by atoms with van der Waals surface area (Å²) in [6.07, 6.45) is 8.95. The SMILES string of the molecule is CC12CC3CC(NC(=O)Cc4ccccc4)(C1)CC(C(N)C(=O)N1CC[C@@H]4C[C@@H]41)(C3)C2. The monoisotopic (exact) mass is 421 g/mol. The van der Waals surface area contributed by atoms with Crippen LogP contribution in [0.5, 0.6) is 0 Å². The number of benzene rings is 1. The lowest BCUT2D eigenvalue weighted by atomic mass is 9.40. The summed E-state index contributed by atoms with van der Waals surface area (Å²) >= 11 is 0. The Morgan fingerprint density at radius 2 is 1.97 bits per heavy atom. The number of likely N-dealkylation sites (tertiary alicyclic amines) is 1. The first-order valence-electron chi connectivity index (χ1n) is 12.2. The fraction of sp³-hybridized carbons (Fsp3) is 0.692. The average Bonchev–Trinajstić information content (AvgIpc) is 3.35. The van der Waals surface area contributed by atoms with Gasteiger partial charge in [-0.15, -0.1) is 0 Å². The maximum atomic E-state index is 13.5. The van der Waals surface area contributed by atoms with Crippen LogP contribution in [0.4, 0.5) is 0 Å². The molecule has 1 heterocycles. The van der Waals surface area contributed by atoms with E-state index < -0.39 is 6.04 Å². The molecule has 5 saturated carbocycles. The quantitative estimate of drug-likeness (QED) is 0.767. The number of amides is 2. The molecule has 166 valence electrons. The minimum atomic E-state index is -0.431. The smallest absolute Gasteiger partial charge is 0.240 e. The van der Waals surface area contributed by atoms with Gasteiger partial charge in [0, 0.05) is 18.1 Å². The van der Waals surface area contributed by atoms with Crippen molar-refractivity contribution in [2.24, 2.45) is 28.4 Å². The topological polar surface area (TPSA) is 75.4 Å². The second kappa shape index (κ2) is 6.57. The van der Waals surface area contributed by atoms with Crippen molar-refractivity contribution in [2.75, 3.05) is 6.54 Å². The number of nitrogens with two attached hydrogens (primary N) is 1. The van der Waals surface area contributed by atoms with Gasteiger partial charge in [-0.1, -0.05) is 37.3 Å². The number of hydrogen-bond donors (Lipinski definition) is 2. The summed E-state index contributed by atoms with van der Waals surface area (Å²) in [4.78, 5) is 28.6. The highest BCUT2D eigenvalue weighted by Gasteiger charge is 2.65. The van der Waals surface area contributed by atoms with Gasteiger partial charge in [0.2, 0.25) is 11.8 Å². The third-order valence-corrected chi connectivity index (χ3v) is 9.24. The molecule has 5 heteroatoms. The molecule has 4 bridgehead atoms. The summed E-state index contributed by atoms with van der Waals surface area (Å²) in [5.41, 5.74) is 7.69. The van der Waals surface area contributed by atoms with Gasteiger partial charge in [-0.25, -0.2) is 0 Å². The maximum Gasteiger partial charge on any atom is 0.240 e. The summed E-state index contributed by atoms with van der Waals surface area (Å²) in [7, 11) is 0. The number of nitrogens with zero attached hydrogens (tertiary/aromatic N) is 1. The van der Waals surface area contributed by atoms with Crippen LogP contribution < -0.4 is 11.1 Å². The molecular weight excluding hydrogens is 386 g/mol. The van der Waals surface area contributed by atoms with E-state index in [0.29, 0.717) is 18.4 Å². The number of carbonyl (C=O) groups is 2. The first-order valence-corrected chi connectivity index (χ1v) is 12.2. The standard InChI is InChI=1S/C26H35N3O2/c1-24-11-18-12-25(14-24,22(27)23(31)29-8-7-19-10-20(19)29)16-26(13-18,15-24)28-21(30)9-17-5-3-2-4-6-17/h2-6,18-20,22H,7-16,27H2,1H3,(H,28,30)/t18?,19-,20+,22?,24?,25?,26?/m1/s1. The summed E-state index contributed by atoms with van der Waals surface area (Å²) < 4.78 is 0. The second-order valence-corrected chi connectivity index (χ2v) is 12.0. The highest BCUT2D eigenvalue weighted by Crippen LogP contribution is 2.67. The van der Waals surface area contributed by atoms with Crippen LogP contribution in [0.3, 0.4) is 0 Å². The zero-order valence-electron chi connectivity index (χ0n) is 18.6. The predicted molar refractivity (Wildman–Crippen MR) is 119 cm³/mol. The van der Waals surface area contributed by atoms with E-state index in [2.05, 4.69) is 17.1 Å². The summed E-state index contributed by atoms with van der Waals surface area (Å²) in [6, 6.07) is 10.00. The summed E-state index contributed by atoms with van der Waals surface area (Å²) in [6.45, 7) is 3.26. The Kier molecular flexibility index (Phi) is 4.19. The molecule has 5 unspecified atom stereocenters. The minimum Gasteiger partial charge on any atom is -0.350 e. The van der Waals surface area contributed by atoms with Crippen LogP contribution in [0, 0.1) is 22.7 Å². The van der Waals surface area contributed by atoms with Crippen LogP contribution in [0.15, 0.2) is 30.3 Å². The van der Waals surface area contributed by atoms with Crippen molar-refractivity contribution in [3.05, 3.63) is 35.9 Å². The Morgan fingerprint density at radius 3 is 2.65 bits per heavy atom. The van der Waals surface area contributed by atoms with E-state index in [1.165, 1.54) is 12.8 Å². The first-order chi connectivity index (χ1) is 14.8. The molecule has 7 atom stereocenters. The molecule has 0 radical (unpaired) electrons. The second-order valence-electron chi connectivity index (χ2n) is 12.0. The molecule has 5 aliphatic carbocycles. The molecule has 1 aliphatic heterocycles. The number of rotatable bonds is 5. The molecule has 7 rings (SSSR count). The maximum absolute atomic E-state index is 13.5. The fourth-order valence-corrected chi connectivity index (χ4v) is 8.72. The molecule has 31 heavy (non-hydrogen) atoms. The van der Waals surface area contributed by atoms with Crippen molar-refractivity contribution in [3.63, 3.8) is 0 Å². The minimum absolute atomic E-state index is 0.104. The Labute approximate surface area is 185 Å². The molecular formula is C26H35N3O2. The normalized spacial score (nSPS) is 42.9. The van der Waals surface area contributed by atoms with E-state index in [1.807, 2.05) is 30.3 Å². The van der Waals surface area contributed by atoms with Crippen molar-refractivity contribution in [1.82, 2.24) is 10.2 Å². The number of nitrogens with one attached hydrogen (secondary N) is 1. The number of carbonyl (C=O) groups excluding carboxylic acids is 2. The largest absolute Gasteiger partial charge is 0.350 e. The number of piperidine rings is 1. The molecule has 5 nitrogen and oxygen atoms in total. The number of hydrogen-bond acceptors (Lipinski definition) is 3. The zero-order valence-corrected chi connectivity index (χ0v) is 18.6. The molecule has 1 aromatic rings. The van der Waals surface area contributed by atoms with Gasteiger partial charge in [-0.3, -0.25) is 9.59 Å². The fourth-order valence-electron chi connectivity index (χ4n) is 8.72. The lowest BCUT2D eigenvalue weighted by Gasteiger charge is -2.67.